The Morgan fingerprint density at radius 3 is 2.38 bits per heavy atom. The van der Waals surface area contributed by atoms with Gasteiger partial charge in [0.15, 0.2) is 0 Å². The molecule has 0 fully saturated rings. The van der Waals surface area contributed by atoms with Crippen LogP contribution in [-0.4, -0.2) is 9.97 Å². The molecule has 0 spiro atoms. The van der Waals surface area contributed by atoms with E-state index in [0.717, 1.165) is 5.56 Å². The molecule has 0 unspecified atom stereocenters. The molecular weight excluding hydrogens is 305 g/mol. The first kappa shape index (κ1) is 15.6. The minimum Gasteiger partial charge on any atom is -0.310 e. The summed E-state index contributed by atoms with van der Waals surface area (Å²) in [6.45, 7) is 3.63. The van der Waals surface area contributed by atoms with Crippen LogP contribution in [0.3, 0.4) is 0 Å². The van der Waals surface area contributed by atoms with E-state index in [1.54, 1.807) is 19.1 Å². The van der Waals surface area contributed by atoms with Crippen LogP contribution in [0.5, 0.6) is 0 Å². The fourth-order valence-electron chi connectivity index (χ4n) is 2.54. The molecule has 5 heteroatoms. The lowest BCUT2D eigenvalue weighted by atomic mass is 9.98. The molecule has 0 saturated heterocycles. The Kier molecular flexibility index (Phi) is 3.97. The van der Waals surface area contributed by atoms with Crippen molar-refractivity contribution in [3.05, 3.63) is 75.6 Å². The summed E-state index contributed by atoms with van der Waals surface area (Å²) >= 11 is 0. The summed E-state index contributed by atoms with van der Waals surface area (Å²) in [5.41, 5.74) is 2.67. The van der Waals surface area contributed by atoms with E-state index in [2.05, 4.69) is 9.97 Å². The number of nitriles is 1. The van der Waals surface area contributed by atoms with Crippen LogP contribution in [0, 0.1) is 31.0 Å². The Bertz CT molecular complexity index is 1010. The molecule has 0 amide bonds. The summed E-state index contributed by atoms with van der Waals surface area (Å²) in [7, 11) is 0. The average molecular weight is 319 g/mol. The molecule has 0 aliphatic carbocycles. The van der Waals surface area contributed by atoms with E-state index in [4.69, 9.17) is 5.26 Å². The largest absolute Gasteiger partial charge is 0.310 e. The van der Waals surface area contributed by atoms with E-state index in [1.807, 2.05) is 31.2 Å². The number of hydrogen-bond donors (Lipinski definition) is 1. The molecule has 0 radical (unpaired) electrons. The lowest BCUT2D eigenvalue weighted by Crippen LogP contribution is -2.14. The Balaban J connectivity index is 2.28. The van der Waals surface area contributed by atoms with Gasteiger partial charge in [-0.25, -0.2) is 9.37 Å². The molecule has 1 heterocycles. The molecular formula is C19H14FN3O. The van der Waals surface area contributed by atoms with Gasteiger partial charge in [0.05, 0.1) is 16.8 Å². The number of nitrogens with zero attached hydrogens (tertiary/aromatic N) is 2. The maximum atomic E-state index is 14.0. The fourth-order valence-corrected chi connectivity index (χ4v) is 2.54. The summed E-state index contributed by atoms with van der Waals surface area (Å²) in [4.78, 5) is 19.6. The number of H-pyrrole nitrogens is 1. The SMILES string of the molecule is Cc1ccc(-c2c(-c3ccc(C#N)c(F)c3)nc(C)[nH]c2=O)cc1. The molecule has 118 valence electrons. The van der Waals surface area contributed by atoms with Crippen molar-refractivity contribution in [2.75, 3.05) is 0 Å². The van der Waals surface area contributed by atoms with Gasteiger partial charge in [-0.3, -0.25) is 4.79 Å². The Morgan fingerprint density at radius 2 is 1.75 bits per heavy atom. The van der Waals surface area contributed by atoms with E-state index in [1.165, 1.54) is 12.1 Å². The zero-order chi connectivity index (χ0) is 17.3. The molecule has 0 aliphatic rings. The zero-order valence-corrected chi connectivity index (χ0v) is 13.2. The highest BCUT2D eigenvalue weighted by Crippen LogP contribution is 2.28. The van der Waals surface area contributed by atoms with Crippen LogP contribution in [0.4, 0.5) is 4.39 Å². The minimum absolute atomic E-state index is 0.0443. The van der Waals surface area contributed by atoms with E-state index < -0.39 is 5.82 Å². The summed E-state index contributed by atoms with van der Waals surface area (Å²) in [5, 5.41) is 8.87. The average Bonchev–Trinajstić information content (AvgIpc) is 2.55. The first-order valence-electron chi connectivity index (χ1n) is 7.37. The third-order valence-corrected chi connectivity index (χ3v) is 3.74. The molecule has 4 nitrogen and oxygen atoms in total. The van der Waals surface area contributed by atoms with Gasteiger partial charge in [-0.15, -0.1) is 0 Å². The number of aromatic nitrogens is 2. The first-order valence-corrected chi connectivity index (χ1v) is 7.37. The highest BCUT2D eigenvalue weighted by atomic mass is 19.1. The topological polar surface area (TPSA) is 69.5 Å². The summed E-state index contributed by atoms with van der Waals surface area (Å²) in [6, 6.07) is 13.5. The zero-order valence-electron chi connectivity index (χ0n) is 13.2. The number of benzene rings is 2. The van der Waals surface area contributed by atoms with Crippen molar-refractivity contribution in [1.29, 1.82) is 5.26 Å². The van der Waals surface area contributed by atoms with Crippen molar-refractivity contribution in [2.24, 2.45) is 0 Å². The molecule has 3 aromatic rings. The van der Waals surface area contributed by atoms with Crippen molar-refractivity contribution in [3.63, 3.8) is 0 Å². The van der Waals surface area contributed by atoms with Crippen molar-refractivity contribution in [1.82, 2.24) is 9.97 Å². The molecule has 0 atom stereocenters. The molecule has 2 aromatic carbocycles. The quantitative estimate of drug-likeness (QED) is 0.782. The standard InChI is InChI=1S/C19H14FN3O/c1-11-3-5-13(6-4-11)17-18(22-12(2)23-19(17)24)14-7-8-15(10-21)16(20)9-14/h3-9H,1-2H3,(H,22,23,24). The third kappa shape index (κ3) is 2.82. The van der Waals surface area contributed by atoms with Crippen LogP contribution in [0.1, 0.15) is 17.0 Å². The molecule has 24 heavy (non-hydrogen) atoms. The Hall–Kier alpha value is -3.26. The van der Waals surface area contributed by atoms with Gasteiger partial charge in [0.1, 0.15) is 17.7 Å². The van der Waals surface area contributed by atoms with Crippen LogP contribution in [-0.2, 0) is 0 Å². The number of hydrogen-bond acceptors (Lipinski definition) is 3. The number of rotatable bonds is 2. The molecule has 0 aliphatic heterocycles. The van der Waals surface area contributed by atoms with E-state index in [0.29, 0.717) is 28.2 Å². The van der Waals surface area contributed by atoms with Crippen LogP contribution >= 0.6 is 0 Å². The highest BCUT2D eigenvalue weighted by Gasteiger charge is 2.16. The Morgan fingerprint density at radius 1 is 1.08 bits per heavy atom. The van der Waals surface area contributed by atoms with Gasteiger partial charge < -0.3 is 4.98 Å². The fraction of sp³-hybridized carbons (Fsp3) is 0.105. The molecule has 3 rings (SSSR count). The normalized spacial score (nSPS) is 10.4. The predicted octanol–water partition coefficient (Wildman–Crippen LogP) is 3.73. The highest BCUT2D eigenvalue weighted by molar-refractivity contribution is 5.80. The lowest BCUT2D eigenvalue weighted by molar-refractivity contribution is 0.624. The maximum absolute atomic E-state index is 14.0. The van der Waals surface area contributed by atoms with E-state index >= 15 is 0 Å². The minimum atomic E-state index is -0.635. The number of aromatic amines is 1. The van der Waals surface area contributed by atoms with Gasteiger partial charge in [-0.1, -0.05) is 35.9 Å². The number of aryl methyl sites for hydroxylation is 2. The van der Waals surface area contributed by atoms with Gasteiger partial charge in [0.25, 0.3) is 5.56 Å². The number of nitrogens with one attached hydrogen (secondary N) is 1. The van der Waals surface area contributed by atoms with Gasteiger partial charge in [0.2, 0.25) is 0 Å². The third-order valence-electron chi connectivity index (χ3n) is 3.74. The van der Waals surface area contributed by atoms with E-state index in [-0.39, 0.29) is 11.1 Å². The molecule has 0 saturated carbocycles. The Labute approximate surface area is 138 Å². The van der Waals surface area contributed by atoms with Gasteiger partial charge in [-0.2, -0.15) is 5.26 Å². The van der Waals surface area contributed by atoms with Gasteiger partial charge >= 0.3 is 0 Å². The predicted molar refractivity (Wildman–Crippen MR) is 89.9 cm³/mol. The monoisotopic (exact) mass is 319 g/mol. The lowest BCUT2D eigenvalue weighted by Gasteiger charge is -2.10. The van der Waals surface area contributed by atoms with Crippen LogP contribution in [0.15, 0.2) is 47.3 Å². The summed E-state index contributed by atoms with van der Waals surface area (Å²) < 4.78 is 14.0. The van der Waals surface area contributed by atoms with E-state index in [9.17, 15) is 9.18 Å². The van der Waals surface area contributed by atoms with Gasteiger partial charge in [-0.05, 0) is 31.5 Å². The molecule has 1 aromatic heterocycles. The van der Waals surface area contributed by atoms with Gasteiger partial charge in [0, 0.05) is 5.56 Å². The second-order valence-corrected chi connectivity index (χ2v) is 5.55. The molecule has 0 bridgehead atoms. The maximum Gasteiger partial charge on any atom is 0.259 e. The van der Waals surface area contributed by atoms with Crippen molar-refractivity contribution < 1.29 is 4.39 Å². The van der Waals surface area contributed by atoms with Crippen molar-refractivity contribution in [3.8, 4) is 28.5 Å². The van der Waals surface area contributed by atoms with Crippen LogP contribution in [0.2, 0.25) is 0 Å². The second-order valence-electron chi connectivity index (χ2n) is 5.55. The second kappa shape index (κ2) is 6.09. The van der Waals surface area contributed by atoms with Crippen molar-refractivity contribution in [2.45, 2.75) is 13.8 Å². The number of halogens is 1. The van der Waals surface area contributed by atoms with Crippen LogP contribution in [0.25, 0.3) is 22.4 Å². The summed E-state index contributed by atoms with van der Waals surface area (Å²) in [5.74, 6) is -0.194. The van der Waals surface area contributed by atoms with Crippen molar-refractivity contribution >= 4 is 0 Å². The molecule has 1 N–H and O–H groups in total. The summed E-state index contributed by atoms with van der Waals surface area (Å²) in [6.07, 6.45) is 0. The first-order chi connectivity index (χ1) is 11.5. The smallest absolute Gasteiger partial charge is 0.259 e. The van der Waals surface area contributed by atoms with Crippen LogP contribution < -0.4 is 5.56 Å².